The molecule has 0 saturated carbocycles. The van der Waals surface area contributed by atoms with Gasteiger partial charge in [-0.05, 0) is 6.26 Å². The maximum Gasteiger partial charge on any atom is 0.190 e. The number of nitrogens with zero attached hydrogens (tertiary/aromatic N) is 4. The van der Waals surface area contributed by atoms with Crippen LogP contribution in [0.2, 0.25) is 10.3 Å². The summed E-state index contributed by atoms with van der Waals surface area (Å²) in [5, 5.41) is 1.12. The Labute approximate surface area is 129 Å². The van der Waals surface area contributed by atoms with E-state index in [2.05, 4.69) is 19.9 Å². The summed E-state index contributed by atoms with van der Waals surface area (Å²) in [6, 6.07) is 9.56. The lowest BCUT2D eigenvalue weighted by atomic mass is 10.2. The number of halogens is 2. The van der Waals surface area contributed by atoms with Crippen LogP contribution >= 0.6 is 35.0 Å². The Morgan fingerprint density at radius 2 is 1.65 bits per heavy atom. The van der Waals surface area contributed by atoms with Gasteiger partial charge in [-0.15, -0.1) is 0 Å². The van der Waals surface area contributed by atoms with Crippen molar-refractivity contribution in [3.63, 3.8) is 0 Å². The van der Waals surface area contributed by atoms with Crippen LogP contribution < -0.4 is 0 Å². The molecule has 0 atom stereocenters. The zero-order valence-electron chi connectivity index (χ0n) is 10.3. The van der Waals surface area contributed by atoms with Gasteiger partial charge in [-0.3, -0.25) is 0 Å². The standard InChI is InChI=1S/C13H8Cl2N4S/c1-20-13-18-11(15)9-12(19-13)17-10(14)8(16-9)7-5-3-2-4-6-7/h2-6H,1H3. The number of fused-ring (bicyclic) bond motifs is 1. The molecule has 4 nitrogen and oxygen atoms in total. The van der Waals surface area contributed by atoms with E-state index in [1.807, 2.05) is 36.6 Å². The zero-order chi connectivity index (χ0) is 14.1. The lowest BCUT2D eigenvalue weighted by Crippen LogP contribution is -1.97. The highest BCUT2D eigenvalue weighted by Crippen LogP contribution is 2.29. The van der Waals surface area contributed by atoms with Crippen molar-refractivity contribution in [3.05, 3.63) is 40.6 Å². The second-order valence-electron chi connectivity index (χ2n) is 3.90. The molecule has 0 spiro atoms. The molecule has 2 heterocycles. The minimum atomic E-state index is 0.278. The average molecular weight is 323 g/mol. The summed E-state index contributed by atoms with van der Waals surface area (Å²) < 4.78 is 0. The molecule has 0 bridgehead atoms. The van der Waals surface area contributed by atoms with Gasteiger partial charge in [0.15, 0.2) is 21.1 Å². The largest absolute Gasteiger partial charge is 0.238 e. The minimum Gasteiger partial charge on any atom is -0.238 e. The molecular formula is C13H8Cl2N4S. The minimum absolute atomic E-state index is 0.278. The summed E-state index contributed by atoms with van der Waals surface area (Å²) in [5.41, 5.74) is 2.30. The van der Waals surface area contributed by atoms with E-state index in [1.54, 1.807) is 0 Å². The van der Waals surface area contributed by atoms with Gasteiger partial charge in [-0.1, -0.05) is 65.3 Å². The maximum absolute atomic E-state index is 6.20. The van der Waals surface area contributed by atoms with Gasteiger partial charge in [0.25, 0.3) is 0 Å². The molecule has 0 aliphatic carbocycles. The van der Waals surface area contributed by atoms with Crippen molar-refractivity contribution < 1.29 is 0 Å². The lowest BCUT2D eigenvalue weighted by molar-refractivity contribution is 0.983. The third kappa shape index (κ3) is 2.44. The molecule has 0 fully saturated rings. The number of thioether (sulfide) groups is 1. The predicted octanol–water partition coefficient (Wildman–Crippen LogP) is 4.12. The van der Waals surface area contributed by atoms with Gasteiger partial charge in [0.05, 0.1) is 0 Å². The second-order valence-corrected chi connectivity index (χ2v) is 5.39. The van der Waals surface area contributed by atoms with Crippen LogP contribution in [-0.4, -0.2) is 26.2 Å². The SMILES string of the molecule is CSc1nc(Cl)c2nc(-c3ccccc3)c(Cl)nc2n1. The van der Waals surface area contributed by atoms with Gasteiger partial charge >= 0.3 is 0 Å². The second kappa shape index (κ2) is 5.52. The van der Waals surface area contributed by atoms with E-state index in [1.165, 1.54) is 11.8 Å². The molecule has 0 unspecified atom stereocenters. The van der Waals surface area contributed by atoms with Gasteiger partial charge in [0.1, 0.15) is 11.2 Å². The van der Waals surface area contributed by atoms with E-state index in [0.717, 1.165) is 5.56 Å². The van der Waals surface area contributed by atoms with Crippen LogP contribution in [0.5, 0.6) is 0 Å². The normalized spacial score (nSPS) is 10.9. The molecule has 0 saturated heterocycles. The lowest BCUT2D eigenvalue weighted by Gasteiger charge is -2.06. The van der Waals surface area contributed by atoms with Crippen LogP contribution in [0.25, 0.3) is 22.4 Å². The van der Waals surface area contributed by atoms with Crippen LogP contribution in [0.1, 0.15) is 0 Å². The first kappa shape index (κ1) is 13.5. The van der Waals surface area contributed by atoms with E-state index in [-0.39, 0.29) is 5.15 Å². The Balaban J connectivity index is 2.27. The first-order valence-corrected chi connectivity index (χ1v) is 7.67. The molecule has 0 aliphatic rings. The quantitative estimate of drug-likeness (QED) is 0.403. The number of aromatic nitrogens is 4. The van der Waals surface area contributed by atoms with E-state index >= 15 is 0 Å². The van der Waals surface area contributed by atoms with E-state index in [4.69, 9.17) is 23.2 Å². The summed E-state index contributed by atoms with van der Waals surface area (Å²) in [6.07, 6.45) is 1.87. The Morgan fingerprint density at radius 1 is 0.900 bits per heavy atom. The molecule has 3 rings (SSSR count). The van der Waals surface area contributed by atoms with Crippen molar-refractivity contribution in [2.45, 2.75) is 5.16 Å². The van der Waals surface area contributed by atoms with E-state index in [9.17, 15) is 0 Å². The molecule has 0 aliphatic heterocycles. The van der Waals surface area contributed by atoms with Crippen LogP contribution in [-0.2, 0) is 0 Å². The summed E-state index contributed by atoms with van der Waals surface area (Å²) in [4.78, 5) is 17.2. The molecule has 7 heteroatoms. The first-order valence-electron chi connectivity index (χ1n) is 5.69. The summed E-state index contributed by atoms with van der Waals surface area (Å²) in [6.45, 7) is 0. The fraction of sp³-hybridized carbons (Fsp3) is 0.0769. The molecule has 20 heavy (non-hydrogen) atoms. The summed E-state index contributed by atoms with van der Waals surface area (Å²) >= 11 is 13.7. The van der Waals surface area contributed by atoms with Gasteiger partial charge < -0.3 is 0 Å². The Morgan fingerprint density at radius 3 is 2.35 bits per heavy atom. The Bertz CT molecular complexity index is 780. The van der Waals surface area contributed by atoms with Crippen molar-refractivity contribution in [2.24, 2.45) is 0 Å². The van der Waals surface area contributed by atoms with Crippen molar-refractivity contribution in [2.75, 3.05) is 6.26 Å². The third-order valence-electron chi connectivity index (χ3n) is 2.66. The molecule has 0 amide bonds. The fourth-order valence-electron chi connectivity index (χ4n) is 1.75. The Kier molecular flexibility index (Phi) is 3.74. The fourth-order valence-corrected chi connectivity index (χ4v) is 2.60. The molecule has 2 aromatic heterocycles. The number of benzene rings is 1. The van der Waals surface area contributed by atoms with Crippen molar-refractivity contribution in [1.82, 2.24) is 19.9 Å². The highest BCUT2D eigenvalue weighted by molar-refractivity contribution is 7.98. The highest BCUT2D eigenvalue weighted by atomic mass is 35.5. The summed E-state index contributed by atoms with van der Waals surface area (Å²) in [7, 11) is 0. The van der Waals surface area contributed by atoms with E-state index in [0.29, 0.717) is 27.2 Å². The number of hydrogen-bond donors (Lipinski definition) is 0. The smallest absolute Gasteiger partial charge is 0.190 e. The Hall–Kier alpha value is -1.43. The van der Waals surface area contributed by atoms with Gasteiger partial charge in [-0.25, -0.2) is 19.9 Å². The number of rotatable bonds is 2. The molecule has 100 valence electrons. The number of hydrogen-bond acceptors (Lipinski definition) is 5. The average Bonchev–Trinajstić information content (AvgIpc) is 2.47. The monoisotopic (exact) mass is 322 g/mol. The van der Waals surface area contributed by atoms with Gasteiger partial charge in [-0.2, -0.15) is 0 Å². The molecule has 0 radical (unpaired) electrons. The van der Waals surface area contributed by atoms with Gasteiger partial charge in [0.2, 0.25) is 0 Å². The molecule has 3 aromatic rings. The topological polar surface area (TPSA) is 51.6 Å². The van der Waals surface area contributed by atoms with Crippen LogP contribution in [0.4, 0.5) is 0 Å². The molecular weight excluding hydrogens is 315 g/mol. The van der Waals surface area contributed by atoms with Crippen LogP contribution in [0.3, 0.4) is 0 Å². The summed E-state index contributed by atoms with van der Waals surface area (Å²) in [5.74, 6) is 0. The zero-order valence-corrected chi connectivity index (χ0v) is 12.7. The van der Waals surface area contributed by atoms with Gasteiger partial charge in [0, 0.05) is 5.56 Å². The molecule has 0 N–H and O–H groups in total. The third-order valence-corrected chi connectivity index (χ3v) is 3.73. The van der Waals surface area contributed by atoms with Crippen LogP contribution in [0, 0.1) is 0 Å². The van der Waals surface area contributed by atoms with Crippen molar-refractivity contribution in [3.8, 4) is 11.3 Å². The van der Waals surface area contributed by atoms with E-state index < -0.39 is 0 Å². The maximum atomic E-state index is 6.20. The highest BCUT2D eigenvalue weighted by Gasteiger charge is 2.14. The van der Waals surface area contributed by atoms with Crippen molar-refractivity contribution >= 4 is 46.1 Å². The predicted molar refractivity (Wildman–Crippen MR) is 82.4 cm³/mol. The van der Waals surface area contributed by atoms with Crippen molar-refractivity contribution in [1.29, 1.82) is 0 Å². The van der Waals surface area contributed by atoms with Crippen LogP contribution in [0.15, 0.2) is 35.5 Å². The first-order chi connectivity index (χ1) is 9.69. The molecule has 1 aromatic carbocycles.